The van der Waals surface area contributed by atoms with Gasteiger partial charge < -0.3 is 11.1 Å². The predicted octanol–water partition coefficient (Wildman–Crippen LogP) is 1.23. The third-order valence-corrected chi connectivity index (χ3v) is 2.80. The van der Waals surface area contributed by atoms with Crippen molar-refractivity contribution >= 4 is 11.6 Å². The highest BCUT2D eigenvalue weighted by molar-refractivity contribution is 5.93. The summed E-state index contributed by atoms with van der Waals surface area (Å²) in [5.74, 6) is 0.0255. The molecule has 1 fully saturated rings. The lowest BCUT2D eigenvalue weighted by atomic mass is 9.80. The number of hydrogen-bond acceptors (Lipinski definition) is 3. The van der Waals surface area contributed by atoms with Crippen LogP contribution in [0.4, 0.5) is 5.69 Å². The van der Waals surface area contributed by atoms with Crippen LogP contribution in [0.5, 0.6) is 0 Å². The topological polar surface area (TPSA) is 78.9 Å². The molecule has 1 aromatic carbocycles. The van der Waals surface area contributed by atoms with Gasteiger partial charge in [0.05, 0.1) is 11.6 Å². The number of anilines is 1. The van der Waals surface area contributed by atoms with E-state index in [0.717, 1.165) is 12.8 Å². The Morgan fingerprint density at radius 1 is 1.50 bits per heavy atom. The molecule has 0 radical (unpaired) electrons. The molecule has 3 N–H and O–H groups in total. The summed E-state index contributed by atoms with van der Waals surface area (Å²) in [5.41, 5.74) is 6.84. The van der Waals surface area contributed by atoms with Crippen molar-refractivity contribution in [3.63, 3.8) is 0 Å². The maximum Gasteiger partial charge on any atom is 0.227 e. The van der Waals surface area contributed by atoms with Gasteiger partial charge in [0.25, 0.3) is 0 Å². The average molecular weight is 215 g/mol. The first-order valence-corrected chi connectivity index (χ1v) is 5.25. The molecule has 1 amide bonds. The molecule has 0 heterocycles. The normalized spacial score (nSPS) is 23.0. The highest BCUT2D eigenvalue weighted by atomic mass is 16.1. The van der Waals surface area contributed by atoms with E-state index in [1.165, 1.54) is 0 Å². The minimum Gasteiger partial charge on any atom is -0.328 e. The molecule has 16 heavy (non-hydrogen) atoms. The molecule has 0 aromatic heterocycles. The number of carbonyl (C=O) groups is 1. The predicted molar refractivity (Wildman–Crippen MR) is 60.5 cm³/mol. The van der Waals surface area contributed by atoms with Gasteiger partial charge in [0.2, 0.25) is 5.91 Å². The number of nitrogens with two attached hydrogens (primary N) is 1. The first-order valence-electron chi connectivity index (χ1n) is 5.25. The molecule has 0 atom stereocenters. The fraction of sp³-hybridized carbons (Fsp3) is 0.333. The first kappa shape index (κ1) is 10.7. The summed E-state index contributed by atoms with van der Waals surface area (Å²) in [6.45, 7) is 0. The van der Waals surface area contributed by atoms with Crippen LogP contribution in [0.15, 0.2) is 24.3 Å². The van der Waals surface area contributed by atoms with Gasteiger partial charge >= 0.3 is 0 Å². The maximum atomic E-state index is 11.7. The van der Waals surface area contributed by atoms with Crippen molar-refractivity contribution in [3.05, 3.63) is 29.8 Å². The third kappa shape index (κ3) is 2.20. The van der Waals surface area contributed by atoms with Gasteiger partial charge in [-0.2, -0.15) is 5.26 Å². The number of hydrogen-bond donors (Lipinski definition) is 2. The lowest BCUT2D eigenvalue weighted by Crippen LogP contribution is -2.42. The number of nitrogens with zero attached hydrogens (tertiary/aromatic N) is 1. The van der Waals surface area contributed by atoms with Gasteiger partial charge in [-0.05, 0) is 31.0 Å². The zero-order chi connectivity index (χ0) is 11.5. The second-order valence-electron chi connectivity index (χ2n) is 4.11. The number of benzene rings is 1. The summed E-state index contributed by atoms with van der Waals surface area (Å²) in [6, 6.07) is 9.09. The van der Waals surface area contributed by atoms with Crippen molar-refractivity contribution in [2.75, 3.05) is 5.32 Å². The Hall–Kier alpha value is -1.86. The molecule has 1 aliphatic rings. The van der Waals surface area contributed by atoms with Crippen LogP contribution in [-0.2, 0) is 4.79 Å². The zero-order valence-corrected chi connectivity index (χ0v) is 8.81. The largest absolute Gasteiger partial charge is 0.328 e. The molecule has 4 heteroatoms. The first-order chi connectivity index (χ1) is 7.69. The molecule has 0 aliphatic heterocycles. The van der Waals surface area contributed by atoms with E-state index in [2.05, 4.69) is 5.32 Å². The summed E-state index contributed by atoms with van der Waals surface area (Å²) in [4.78, 5) is 11.7. The van der Waals surface area contributed by atoms with Crippen molar-refractivity contribution in [3.8, 4) is 6.07 Å². The zero-order valence-electron chi connectivity index (χ0n) is 8.81. The molecule has 0 bridgehead atoms. The van der Waals surface area contributed by atoms with Crippen molar-refractivity contribution in [1.82, 2.24) is 0 Å². The van der Waals surface area contributed by atoms with E-state index in [0.29, 0.717) is 11.3 Å². The molecule has 4 nitrogen and oxygen atoms in total. The minimum absolute atomic E-state index is 0.00297. The Balaban J connectivity index is 1.98. The van der Waals surface area contributed by atoms with Gasteiger partial charge in [0, 0.05) is 17.6 Å². The third-order valence-electron chi connectivity index (χ3n) is 2.80. The van der Waals surface area contributed by atoms with Crippen LogP contribution in [0.25, 0.3) is 0 Å². The Bertz CT molecular complexity index is 444. The fourth-order valence-corrected chi connectivity index (χ4v) is 1.79. The van der Waals surface area contributed by atoms with Gasteiger partial charge in [-0.1, -0.05) is 6.07 Å². The molecule has 1 saturated carbocycles. The Labute approximate surface area is 94.1 Å². The van der Waals surface area contributed by atoms with E-state index < -0.39 is 0 Å². The van der Waals surface area contributed by atoms with Gasteiger partial charge in [-0.3, -0.25) is 4.79 Å². The Kier molecular flexibility index (Phi) is 2.88. The van der Waals surface area contributed by atoms with Gasteiger partial charge in [0.1, 0.15) is 0 Å². The summed E-state index contributed by atoms with van der Waals surface area (Å²) < 4.78 is 0. The van der Waals surface area contributed by atoms with E-state index in [-0.39, 0.29) is 17.9 Å². The molecule has 2 rings (SSSR count). The second-order valence-corrected chi connectivity index (χ2v) is 4.11. The molecule has 1 aromatic rings. The van der Waals surface area contributed by atoms with E-state index in [4.69, 9.17) is 11.0 Å². The molecular weight excluding hydrogens is 202 g/mol. The van der Waals surface area contributed by atoms with Crippen molar-refractivity contribution in [2.24, 2.45) is 11.7 Å². The van der Waals surface area contributed by atoms with E-state index in [1.54, 1.807) is 24.3 Å². The SMILES string of the molecule is N#Cc1cccc(NC(=O)C2CC(N)C2)c1. The highest BCUT2D eigenvalue weighted by Gasteiger charge is 2.31. The molecule has 1 aliphatic carbocycles. The van der Waals surface area contributed by atoms with Crippen LogP contribution in [0.3, 0.4) is 0 Å². The number of carbonyl (C=O) groups excluding carboxylic acids is 1. The maximum absolute atomic E-state index is 11.7. The van der Waals surface area contributed by atoms with Gasteiger partial charge in [-0.15, -0.1) is 0 Å². The number of nitrogens with one attached hydrogen (secondary N) is 1. The van der Waals surface area contributed by atoms with Crippen LogP contribution in [0, 0.1) is 17.2 Å². The quantitative estimate of drug-likeness (QED) is 0.778. The van der Waals surface area contributed by atoms with Gasteiger partial charge in [-0.25, -0.2) is 0 Å². The summed E-state index contributed by atoms with van der Waals surface area (Å²) >= 11 is 0. The number of amides is 1. The molecule has 0 unspecified atom stereocenters. The summed E-state index contributed by atoms with van der Waals surface area (Å²) in [6.07, 6.45) is 1.51. The molecule has 0 spiro atoms. The smallest absolute Gasteiger partial charge is 0.227 e. The van der Waals surface area contributed by atoms with Crippen molar-refractivity contribution < 1.29 is 4.79 Å². The summed E-state index contributed by atoms with van der Waals surface area (Å²) in [5, 5.41) is 11.5. The molecule has 82 valence electrons. The van der Waals surface area contributed by atoms with E-state index in [1.807, 2.05) is 6.07 Å². The lowest BCUT2D eigenvalue weighted by Gasteiger charge is -2.31. The second kappa shape index (κ2) is 4.33. The van der Waals surface area contributed by atoms with Gasteiger partial charge in [0.15, 0.2) is 0 Å². The summed E-state index contributed by atoms with van der Waals surface area (Å²) in [7, 11) is 0. The lowest BCUT2D eigenvalue weighted by molar-refractivity contribution is -0.122. The standard InChI is InChI=1S/C12H13N3O/c13-7-8-2-1-3-11(4-8)15-12(16)9-5-10(14)6-9/h1-4,9-10H,5-6,14H2,(H,15,16). The van der Waals surface area contributed by atoms with E-state index >= 15 is 0 Å². The van der Waals surface area contributed by atoms with Crippen molar-refractivity contribution in [1.29, 1.82) is 5.26 Å². The van der Waals surface area contributed by atoms with Crippen LogP contribution < -0.4 is 11.1 Å². The Morgan fingerprint density at radius 3 is 2.88 bits per heavy atom. The van der Waals surface area contributed by atoms with Crippen LogP contribution in [0.2, 0.25) is 0 Å². The minimum atomic E-state index is -0.00297. The Morgan fingerprint density at radius 2 is 2.25 bits per heavy atom. The highest BCUT2D eigenvalue weighted by Crippen LogP contribution is 2.26. The molecule has 0 saturated heterocycles. The number of nitriles is 1. The van der Waals surface area contributed by atoms with E-state index in [9.17, 15) is 4.79 Å². The van der Waals surface area contributed by atoms with Crippen LogP contribution in [0.1, 0.15) is 18.4 Å². The monoisotopic (exact) mass is 215 g/mol. The number of rotatable bonds is 2. The van der Waals surface area contributed by atoms with Crippen molar-refractivity contribution in [2.45, 2.75) is 18.9 Å². The van der Waals surface area contributed by atoms with Crippen LogP contribution in [-0.4, -0.2) is 11.9 Å². The molecular formula is C12H13N3O. The fourth-order valence-electron chi connectivity index (χ4n) is 1.79. The van der Waals surface area contributed by atoms with Crippen LogP contribution >= 0.6 is 0 Å². The average Bonchev–Trinajstić information content (AvgIpc) is 2.25.